The lowest BCUT2D eigenvalue weighted by Gasteiger charge is -2.32. The fourth-order valence-corrected chi connectivity index (χ4v) is 3.50. The normalized spacial score (nSPS) is 19.6. The van der Waals surface area contributed by atoms with Crippen LogP contribution in [0.3, 0.4) is 0 Å². The summed E-state index contributed by atoms with van der Waals surface area (Å²) in [6.07, 6.45) is 6.06. The van der Waals surface area contributed by atoms with Gasteiger partial charge in [0.25, 0.3) is 0 Å². The topological polar surface area (TPSA) is 15.3 Å². The van der Waals surface area contributed by atoms with E-state index in [0.717, 1.165) is 18.1 Å². The number of halogens is 2. The Balaban J connectivity index is 2.13. The molecule has 1 heterocycles. The van der Waals surface area contributed by atoms with Crippen molar-refractivity contribution in [2.45, 2.75) is 45.1 Å². The predicted molar refractivity (Wildman–Crippen MR) is 91.9 cm³/mol. The van der Waals surface area contributed by atoms with Crippen LogP contribution in [0.25, 0.3) is 0 Å². The van der Waals surface area contributed by atoms with Crippen LogP contribution >= 0.6 is 35.4 Å². The third-order valence-electron chi connectivity index (χ3n) is 3.80. The second-order valence-electron chi connectivity index (χ2n) is 5.13. The van der Waals surface area contributed by atoms with Gasteiger partial charge in [0.15, 0.2) is 5.11 Å². The van der Waals surface area contributed by atoms with E-state index in [0.29, 0.717) is 21.8 Å². The molecule has 20 heavy (non-hydrogen) atoms. The summed E-state index contributed by atoms with van der Waals surface area (Å²) in [5.74, 6) is 0. The van der Waals surface area contributed by atoms with Crippen molar-refractivity contribution in [2.24, 2.45) is 0 Å². The summed E-state index contributed by atoms with van der Waals surface area (Å²) in [6.45, 7) is 3.22. The van der Waals surface area contributed by atoms with Crippen molar-refractivity contribution in [3.63, 3.8) is 0 Å². The SMILES string of the molecule is CCC1CCCCCN1C(=S)Nc1c(Cl)cccc1Cl. The van der Waals surface area contributed by atoms with E-state index in [1.54, 1.807) is 0 Å². The van der Waals surface area contributed by atoms with Crippen LogP contribution in [0.4, 0.5) is 5.69 Å². The van der Waals surface area contributed by atoms with E-state index < -0.39 is 0 Å². The van der Waals surface area contributed by atoms with Gasteiger partial charge in [-0.25, -0.2) is 0 Å². The fraction of sp³-hybridized carbons (Fsp3) is 0.533. The Morgan fingerprint density at radius 2 is 2.00 bits per heavy atom. The molecule has 0 amide bonds. The van der Waals surface area contributed by atoms with Gasteiger partial charge in [-0.05, 0) is 43.6 Å². The summed E-state index contributed by atoms with van der Waals surface area (Å²) >= 11 is 18.0. The van der Waals surface area contributed by atoms with Gasteiger partial charge in [0.05, 0.1) is 15.7 Å². The Kier molecular flexibility index (Phi) is 5.94. The van der Waals surface area contributed by atoms with E-state index in [1.165, 1.54) is 25.7 Å². The zero-order valence-electron chi connectivity index (χ0n) is 11.7. The van der Waals surface area contributed by atoms with E-state index in [2.05, 4.69) is 17.1 Å². The van der Waals surface area contributed by atoms with Gasteiger partial charge in [-0.15, -0.1) is 0 Å². The molecule has 1 fully saturated rings. The Hall–Kier alpha value is -0.510. The van der Waals surface area contributed by atoms with Crippen molar-refractivity contribution in [1.29, 1.82) is 0 Å². The molecule has 0 radical (unpaired) electrons. The highest BCUT2D eigenvalue weighted by Crippen LogP contribution is 2.30. The third-order valence-corrected chi connectivity index (χ3v) is 4.77. The highest BCUT2D eigenvalue weighted by atomic mass is 35.5. The Morgan fingerprint density at radius 3 is 2.65 bits per heavy atom. The van der Waals surface area contributed by atoms with Crippen LogP contribution in [-0.2, 0) is 0 Å². The van der Waals surface area contributed by atoms with Crippen LogP contribution < -0.4 is 5.32 Å². The first-order valence-electron chi connectivity index (χ1n) is 7.15. The average molecular weight is 331 g/mol. The number of nitrogens with one attached hydrogen (secondary N) is 1. The lowest BCUT2D eigenvalue weighted by atomic mass is 10.1. The fourth-order valence-electron chi connectivity index (χ4n) is 2.67. The number of para-hydroxylation sites is 1. The van der Waals surface area contributed by atoms with E-state index in [1.807, 2.05) is 18.2 Å². The number of thiocarbonyl (C=S) groups is 1. The first kappa shape index (κ1) is 15.9. The summed E-state index contributed by atoms with van der Waals surface area (Å²) in [4.78, 5) is 2.29. The number of likely N-dealkylation sites (tertiary alicyclic amines) is 1. The summed E-state index contributed by atoms with van der Waals surface area (Å²) in [6, 6.07) is 5.98. The van der Waals surface area contributed by atoms with Crippen molar-refractivity contribution in [3.05, 3.63) is 28.2 Å². The second kappa shape index (κ2) is 7.48. The first-order valence-corrected chi connectivity index (χ1v) is 8.31. The van der Waals surface area contributed by atoms with Gasteiger partial charge in [-0.3, -0.25) is 0 Å². The molecular weight excluding hydrogens is 311 g/mol. The number of hydrogen-bond acceptors (Lipinski definition) is 1. The largest absolute Gasteiger partial charge is 0.346 e. The second-order valence-corrected chi connectivity index (χ2v) is 6.33. The van der Waals surface area contributed by atoms with Gasteiger partial charge < -0.3 is 10.2 Å². The minimum absolute atomic E-state index is 0.513. The number of nitrogens with zero attached hydrogens (tertiary/aromatic N) is 1. The Bertz CT molecular complexity index is 459. The van der Waals surface area contributed by atoms with E-state index >= 15 is 0 Å². The predicted octanol–water partition coefficient (Wildman–Crippen LogP) is 5.34. The van der Waals surface area contributed by atoms with Crippen LogP contribution in [0.15, 0.2) is 18.2 Å². The molecule has 1 N–H and O–H groups in total. The van der Waals surface area contributed by atoms with Gasteiger partial charge in [-0.2, -0.15) is 0 Å². The van der Waals surface area contributed by atoms with Crippen LogP contribution in [0.2, 0.25) is 10.0 Å². The van der Waals surface area contributed by atoms with Gasteiger partial charge in [-0.1, -0.05) is 49.0 Å². The van der Waals surface area contributed by atoms with Crippen molar-refractivity contribution < 1.29 is 0 Å². The number of benzene rings is 1. The van der Waals surface area contributed by atoms with Crippen molar-refractivity contribution >= 4 is 46.2 Å². The van der Waals surface area contributed by atoms with Crippen molar-refractivity contribution in [2.75, 3.05) is 11.9 Å². The molecule has 0 saturated carbocycles. The maximum absolute atomic E-state index is 6.19. The third kappa shape index (κ3) is 3.78. The molecular formula is C15H20Cl2N2S. The quantitative estimate of drug-likeness (QED) is 0.736. The van der Waals surface area contributed by atoms with Crippen LogP contribution in [-0.4, -0.2) is 22.6 Å². The molecule has 1 unspecified atom stereocenters. The molecule has 1 saturated heterocycles. The Morgan fingerprint density at radius 1 is 1.30 bits per heavy atom. The minimum atomic E-state index is 0.513. The molecule has 2 nitrogen and oxygen atoms in total. The lowest BCUT2D eigenvalue weighted by molar-refractivity contribution is 0.311. The van der Waals surface area contributed by atoms with Crippen molar-refractivity contribution in [3.8, 4) is 0 Å². The maximum Gasteiger partial charge on any atom is 0.173 e. The molecule has 0 bridgehead atoms. The number of rotatable bonds is 2. The van der Waals surface area contributed by atoms with Crippen molar-refractivity contribution in [1.82, 2.24) is 4.90 Å². The highest BCUT2D eigenvalue weighted by Gasteiger charge is 2.22. The highest BCUT2D eigenvalue weighted by molar-refractivity contribution is 7.80. The van der Waals surface area contributed by atoms with Gasteiger partial charge in [0.1, 0.15) is 0 Å². The molecule has 2 rings (SSSR count). The van der Waals surface area contributed by atoms with Crippen LogP contribution in [0, 0.1) is 0 Å². The summed E-state index contributed by atoms with van der Waals surface area (Å²) in [5.41, 5.74) is 0.708. The number of hydrogen-bond donors (Lipinski definition) is 1. The zero-order chi connectivity index (χ0) is 14.5. The molecule has 1 atom stereocenters. The smallest absolute Gasteiger partial charge is 0.173 e. The Labute approximate surface area is 136 Å². The van der Waals surface area contributed by atoms with E-state index in [9.17, 15) is 0 Å². The molecule has 1 aliphatic heterocycles. The monoisotopic (exact) mass is 330 g/mol. The molecule has 110 valence electrons. The molecule has 1 aromatic carbocycles. The zero-order valence-corrected chi connectivity index (χ0v) is 14.0. The molecule has 1 aromatic rings. The van der Waals surface area contributed by atoms with Crippen LogP contribution in [0.5, 0.6) is 0 Å². The van der Waals surface area contributed by atoms with E-state index in [-0.39, 0.29) is 0 Å². The molecule has 0 aliphatic carbocycles. The summed E-state index contributed by atoms with van der Waals surface area (Å²) < 4.78 is 0. The first-order chi connectivity index (χ1) is 9.63. The van der Waals surface area contributed by atoms with E-state index in [4.69, 9.17) is 35.4 Å². The summed E-state index contributed by atoms with van der Waals surface area (Å²) in [5, 5.41) is 5.16. The summed E-state index contributed by atoms with van der Waals surface area (Å²) in [7, 11) is 0. The molecule has 1 aliphatic rings. The maximum atomic E-state index is 6.19. The molecule has 5 heteroatoms. The molecule has 0 aromatic heterocycles. The average Bonchev–Trinajstić information content (AvgIpc) is 2.68. The molecule has 0 spiro atoms. The van der Waals surface area contributed by atoms with Gasteiger partial charge >= 0.3 is 0 Å². The van der Waals surface area contributed by atoms with Gasteiger partial charge in [0, 0.05) is 12.6 Å². The van der Waals surface area contributed by atoms with Gasteiger partial charge in [0.2, 0.25) is 0 Å². The number of anilines is 1. The lowest BCUT2D eigenvalue weighted by Crippen LogP contribution is -2.42. The standard InChI is InChI=1S/C15H20Cl2N2S/c1-2-11-7-4-3-5-10-19(11)15(20)18-14-12(16)8-6-9-13(14)17/h6,8-9,11H,2-5,7,10H2,1H3,(H,18,20). The van der Waals surface area contributed by atoms with Crippen LogP contribution in [0.1, 0.15) is 39.0 Å². The minimum Gasteiger partial charge on any atom is -0.346 e.